The smallest absolute Gasteiger partial charge is 0.188 e. The molecular formula is C13H12N2O2. The van der Waals surface area contributed by atoms with Crippen LogP contribution in [-0.2, 0) is 4.74 Å². The predicted molar refractivity (Wildman–Crippen MR) is 63.7 cm³/mol. The number of methoxy groups -OCH3 is 1. The van der Waals surface area contributed by atoms with E-state index in [0.717, 1.165) is 11.1 Å². The van der Waals surface area contributed by atoms with Gasteiger partial charge in [0.25, 0.3) is 0 Å². The molecule has 0 saturated heterocycles. The molecule has 0 aliphatic carbocycles. The van der Waals surface area contributed by atoms with Crippen LogP contribution in [-0.4, -0.2) is 29.5 Å². The van der Waals surface area contributed by atoms with Gasteiger partial charge in [0.2, 0.25) is 0 Å². The minimum absolute atomic E-state index is 0.0247. The number of hydrogen-bond donors (Lipinski definition) is 0. The molecule has 0 aliphatic rings. The Bertz CT molecular complexity index is 495. The zero-order chi connectivity index (χ0) is 12.1. The number of nitrogens with zero attached hydrogens (tertiary/aromatic N) is 2. The third-order valence-electron chi connectivity index (χ3n) is 2.38. The molecule has 2 rings (SSSR count). The predicted octanol–water partition coefficient (Wildman–Crippen LogP) is 1.97. The molecule has 0 aliphatic heterocycles. The first-order valence-corrected chi connectivity index (χ1v) is 5.19. The van der Waals surface area contributed by atoms with Gasteiger partial charge in [-0.3, -0.25) is 4.79 Å². The highest BCUT2D eigenvalue weighted by Crippen LogP contribution is 2.17. The average Bonchev–Trinajstić information content (AvgIpc) is 2.40. The van der Waals surface area contributed by atoms with Crippen molar-refractivity contribution in [2.45, 2.75) is 0 Å². The van der Waals surface area contributed by atoms with Gasteiger partial charge in [-0.2, -0.15) is 0 Å². The van der Waals surface area contributed by atoms with Gasteiger partial charge in [0, 0.05) is 30.6 Å². The van der Waals surface area contributed by atoms with Crippen molar-refractivity contribution < 1.29 is 9.53 Å². The Balaban J connectivity index is 2.22. The molecule has 2 aromatic rings. The molecule has 0 fully saturated rings. The maximum Gasteiger partial charge on any atom is 0.188 e. The van der Waals surface area contributed by atoms with E-state index in [1.165, 1.54) is 13.4 Å². The van der Waals surface area contributed by atoms with E-state index in [0.29, 0.717) is 5.56 Å². The summed E-state index contributed by atoms with van der Waals surface area (Å²) in [5.74, 6) is -0.0247. The molecule has 0 spiro atoms. The Hall–Kier alpha value is -2.07. The van der Waals surface area contributed by atoms with Crippen molar-refractivity contribution in [3.05, 3.63) is 48.5 Å². The van der Waals surface area contributed by atoms with Crippen LogP contribution in [0.2, 0.25) is 0 Å². The zero-order valence-corrected chi connectivity index (χ0v) is 9.46. The van der Waals surface area contributed by atoms with Gasteiger partial charge in [0.15, 0.2) is 5.78 Å². The van der Waals surface area contributed by atoms with Crippen molar-refractivity contribution >= 4 is 5.78 Å². The SMILES string of the molecule is COCC(=O)c1ccc(-c2cncnc2)cc1. The fourth-order valence-corrected chi connectivity index (χ4v) is 1.51. The number of rotatable bonds is 4. The van der Waals surface area contributed by atoms with E-state index in [1.807, 2.05) is 12.1 Å². The fourth-order valence-electron chi connectivity index (χ4n) is 1.51. The second kappa shape index (κ2) is 5.32. The third-order valence-corrected chi connectivity index (χ3v) is 2.38. The number of ketones is 1. The summed E-state index contributed by atoms with van der Waals surface area (Å²) >= 11 is 0. The van der Waals surface area contributed by atoms with E-state index in [4.69, 9.17) is 4.74 Å². The molecule has 0 radical (unpaired) electrons. The average molecular weight is 228 g/mol. The van der Waals surface area contributed by atoms with Gasteiger partial charge in [-0.1, -0.05) is 24.3 Å². The number of Topliss-reactive ketones (excluding diaryl/α,β-unsaturated/α-hetero) is 1. The molecule has 4 heteroatoms. The summed E-state index contributed by atoms with van der Waals surface area (Å²) in [6.45, 7) is 0.105. The van der Waals surface area contributed by atoms with Gasteiger partial charge >= 0.3 is 0 Å². The molecule has 86 valence electrons. The fraction of sp³-hybridized carbons (Fsp3) is 0.154. The second-order valence-electron chi connectivity index (χ2n) is 3.56. The Morgan fingerprint density at radius 3 is 2.35 bits per heavy atom. The lowest BCUT2D eigenvalue weighted by atomic mass is 10.1. The van der Waals surface area contributed by atoms with Crippen LogP contribution >= 0.6 is 0 Å². The highest BCUT2D eigenvalue weighted by Gasteiger charge is 2.05. The molecule has 4 nitrogen and oxygen atoms in total. The number of ether oxygens (including phenoxy) is 1. The van der Waals surface area contributed by atoms with Crippen molar-refractivity contribution in [3.63, 3.8) is 0 Å². The molecule has 0 unspecified atom stereocenters. The van der Waals surface area contributed by atoms with Crippen LogP contribution in [0.15, 0.2) is 43.0 Å². The number of hydrogen-bond acceptors (Lipinski definition) is 4. The van der Waals surface area contributed by atoms with Crippen LogP contribution in [0.4, 0.5) is 0 Å². The van der Waals surface area contributed by atoms with Crippen LogP contribution in [0.3, 0.4) is 0 Å². The first-order valence-electron chi connectivity index (χ1n) is 5.19. The van der Waals surface area contributed by atoms with Crippen LogP contribution in [0.1, 0.15) is 10.4 Å². The Morgan fingerprint density at radius 2 is 1.76 bits per heavy atom. The molecule has 0 amide bonds. The Kier molecular flexibility index (Phi) is 3.57. The molecule has 0 atom stereocenters. The van der Waals surface area contributed by atoms with Crippen molar-refractivity contribution in [3.8, 4) is 11.1 Å². The lowest BCUT2D eigenvalue weighted by Crippen LogP contribution is -2.06. The summed E-state index contributed by atoms with van der Waals surface area (Å²) in [6.07, 6.45) is 4.96. The molecule has 1 aromatic carbocycles. The topological polar surface area (TPSA) is 52.1 Å². The summed E-state index contributed by atoms with van der Waals surface area (Å²) in [4.78, 5) is 19.4. The van der Waals surface area contributed by atoms with E-state index in [2.05, 4.69) is 9.97 Å². The van der Waals surface area contributed by atoms with E-state index < -0.39 is 0 Å². The monoisotopic (exact) mass is 228 g/mol. The summed E-state index contributed by atoms with van der Waals surface area (Å²) < 4.78 is 4.80. The van der Waals surface area contributed by atoms with Crippen molar-refractivity contribution in [2.75, 3.05) is 13.7 Å². The van der Waals surface area contributed by atoms with Gasteiger partial charge in [0.1, 0.15) is 12.9 Å². The number of carbonyl (C=O) groups is 1. The maximum atomic E-state index is 11.5. The first kappa shape index (κ1) is 11.4. The molecular weight excluding hydrogens is 216 g/mol. The molecule has 0 N–H and O–H groups in total. The second-order valence-corrected chi connectivity index (χ2v) is 3.56. The molecule has 17 heavy (non-hydrogen) atoms. The number of benzene rings is 1. The lowest BCUT2D eigenvalue weighted by Gasteiger charge is -2.02. The van der Waals surface area contributed by atoms with Gasteiger partial charge in [0.05, 0.1) is 0 Å². The van der Waals surface area contributed by atoms with Crippen LogP contribution < -0.4 is 0 Å². The van der Waals surface area contributed by atoms with E-state index in [9.17, 15) is 4.79 Å². The van der Waals surface area contributed by atoms with Gasteiger partial charge in [-0.15, -0.1) is 0 Å². The number of aromatic nitrogens is 2. The summed E-state index contributed by atoms with van der Waals surface area (Å²) in [5.41, 5.74) is 2.56. The zero-order valence-electron chi connectivity index (χ0n) is 9.46. The molecule has 1 heterocycles. The molecule has 0 saturated carbocycles. The minimum Gasteiger partial charge on any atom is -0.377 e. The number of carbonyl (C=O) groups excluding carboxylic acids is 1. The van der Waals surface area contributed by atoms with Crippen molar-refractivity contribution in [1.29, 1.82) is 0 Å². The van der Waals surface area contributed by atoms with Crippen LogP contribution in [0.5, 0.6) is 0 Å². The van der Waals surface area contributed by atoms with Crippen LogP contribution in [0, 0.1) is 0 Å². The van der Waals surface area contributed by atoms with E-state index in [1.54, 1.807) is 24.5 Å². The quantitative estimate of drug-likeness (QED) is 0.751. The Labute approximate surface area is 99.3 Å². The minimum atomic E-state index is -0.0247. The molecule has 1 aromatic heterocycles. The summed E-state index contributed by atoms with van der Waals surface area (Å²) in [6, 6.07) is 7.32. The largest absolute Gasteiger partial charge is 0.377 e. The summed E-state index contributed by atoms with van der Waals surface area (Å²) in [7, 11) is 1.51. The normalized spacial score (nSPS) is 10.2. The highest BCUT2D eigenvalue weighted by molar-refractivity contribution is 5.97. The van der Waals surface area contributed by atoms with Gasteiger partial charge in [-0.25, -0.2) is 9.97 Å². The van der Waals surface area contributed by atoms with Gasteiger partial charge < -0.3 is 4.74 Å². The molecule has 0 bridgehead atoms. The standard InChI is InChI=1S/C13H12N2O2/c1-17-8-13(16)11-4-2-10(3-5-11)12-6-14-9-15-7-12/h2-7,9H,8H2,1H3. The third kappa shape index (κ3) is 2.73. The van der Waals surface area contributed by atoms with E-state index >= 15 is 0 Å². The van der Waals surface area contributed by atoms with Crippen molar-refractivity contribution in [2.24, 2.45) is 0 Å². The van der Waals surface area contributed by atoms with Crippen molar-refractivity contribution in [1.82, 2.24) is 9.97 Å². The summed E-state index contributed by atoms with van der Waals surface area (Å²) in [5, 5.41) is 0. The maximum absolute atomic E-state index is 11.5. The first-order chi connectivity index (χ1) is 8.31. The Morgan fingerprint density at radius 1 is 1.12 bits per heavy atom. The van der Waals surface area contributed by atoms with Gasteiger partial charge in [-0.05, 0) is 5.56 Å². The van der Waals surface area contributed by atoms with Crippen LogP contribution in [0.25, 0.3) is 11.1 Å². The highest BCUT2D eigenvalue weighted by atomic mass is 16.5. The lowest BCUT2D eigenvalue weighted by molar-refractivity contribution is 0.0848. The van der Waals surface area contributed by atoms with E-state index in [-0.39, 0.29) is 12.4 Å².